The molecule has 0 aliphatic heterocycles. The average molecular weight is 813 g/mol. The molecule has 14 aromatic rings. The van der Waals surface area contributed by atoms with E-state index in [-0.39, 0.29) is 0 Å². The molecule has 2 nitrogen and oxygen atoms in total. The van der Waals surface area contributed by atoms with E-state index in [1.807, 2.05) is 0 Å². The van der Waals surface area contributed by atoms with Gasteiger partial charge in [-0.1, -0.05) is 182 Å². The fourth-order valence-corrected chi connectivity index (χ4v) is 11.0. The van der Waals surface area contributed by atoms with E-state index in [1.165, 1.54) is 81.7 Å². The van der Waals surface area contributed by atoms with Crippen LogP contribution in [0.1, 0.15) is 0 Å². The molecule has 0 saturated heterocycles. The van der Waals surface area contributed by atoms with Crippen LogP contribution < -0.4 is 0 Å². The largest absolute Gasteiger partial charge is 0.456 e. The third-order valence-corrected chi connectivity index (χ3v) is 13.6. The van der Waals surface area contributed by atoms with Crippen molar-refractivity contribution in [2.24, 2.45) is 0 Å². The van der Waals surface area contributed by atoms with Crippen molar-refractivity contribution in [1.82, 2.24) is 0 Å². The molecule has 2 heteroatoms. The summed E-state index contributed by atoms with van der Waals surface area (Å²) in [7, 11) is 0. The van der Waals surface area contributed by atoms with Crippen LogP contribution in [0.15, 0.2) is 227 Å². The van der Waals surface area contributed by atoms with Gasteiger partial charge in [0, 0.05) is 21.5 Å². The minimum Gasteiger partial charge on any atom is -0.456 e. The lowest BCUT2D eigenvalue weighted by molar-refractivity contribution is 0.669. The molecule has 0 atom stereocenters. The van der Waals surface area contributed by atoms with Crippen LogP contribution in [0.2, 0.25) is 0 Å². The van der Waals surface area contributed by atoms with Gasteiger partial charge in [0.2, 0.25) is 0 Å². The Hall–Kier alpha value is -8.46. The summed E-state index contributed by atoms with van der Waals surface area (Å²) < 4.78 is 13.2. The molecule has 296 valence electrons. The Balaban J connectivity index is 1.03. The third kappa shape index (κ3) is 5.02. The summed E-state index contributed by atoms with van der Waals surface area (Å²) in [5, 5.41) is 16.7. The fraction of sp³-hybridized carbons (Fsp3) is 0. The maximum Gasteiger partial charge on any atom is 0.136 e. The highest BCUT2D eigenvalue weighted by Crippen LogP contribution is 2.49. The predicted molar refractivity (Wildman–Crippen MR) is 270 cm³/mol. The zero-order valence-electron chi connectivity index (χ0n) is 34.6. The molecule has 64 heavy (non-hydrogen) atoms. The molecular formula is C62H36O2. The molecule has 12 aromatic carbocycles. The van der Waals surface area contributed by atoms with Gasteiger partial charge in [-0.25, -0.2) is 0 Å². The standard InChI is InChI=1S/C62H36O2/c1-2-16-38(17-3-1)57-42-19-6-8-21-44(42)58(45-22-9-7-20-43(45)57)40-31-33-54-52(36-40)62-50(27-14-28-55(62)63-54)60-48-25-12-10-23-46(48)59(47-24-11-13-26-49(47)60)39-30-32-53-51(35-39)61-41-18-5-4-15-37(41)29-34-56(61)64-53/h1-36H. The zero-order valence-corrected chi connectivity index (χ0v) is 34.6. The van der Waals surface area contributed by atoms with Crippen molar-refractivity contribution in [3.63, 3.8) is 0 Å². The van der Waals surface area contributed by atoms with Gasteiger partial charge in [-0.3, -0.25) is 0 Å². The second-order valence-corrected chi connectivity index (χ2v) is 17.0. The summed E-state index contributed by atoms with van der Waals surface area (Å²) >= 11 is 0. The van der Waals surface area contributed by atoms with Crippen LogP contribution in [0.4, 0.5) is 0 Å². The maximum absolute atomic E-state index is 6.76. The summed E-state index contributed by atoms with van der Waals surface area (Å²) in [5.74, 6) is 0. The average Bonchev–Trinajstić information content (AvgIpc) is 3.93. The Morgan fingerprint density at radius 2 is 0.625 bits per heavy atom. The normalized spacial score (nSPS) is 12.1. The van der Waals surface area contributed by atoms with E-state index in [9.17, 15) is 0 Å². The summed E-state index contributed by atoms with van der Waals surface area (Å²) in [4.78, 5) is 0. The van der Waals surface area contributed by atoms with Gasteiger partial charge in [0.15, 0.2) is 0 Å². The van der Waals surface area contributed by atoms with Gasteiger partial charge < -0.3 is 8.83 Å². The Morgan fingerprint density at radius 3 is 1.16 bits per heavy atom. The van der Waals surface area contributed by atoms with E-state index in [4.69, 9.17) is 8.83 Å². The molecule has 0 unspecified atom stereocenters. The van der Waals surface area contributed by atoms with Crippen LogP contribution in [0.25, 0.3) is 142 Å². The van der Waals surface area contributed by atoms with E-state index in [1.54, 1.807) is 0 Å². The maximum atomic E-state index is 6.76. The number of hydrogen-bond donors (Lipinski definition) is 0. The first kappa shape index (κ1) is 35.2. The SMILES string of the molecule is c1ccc(-c2c3ccccc3c(-c3ccc4oc5cccc(-c6c7ccccc7c(-c7ccc8oc9ccc%10ccccc%10c9c8c7)c7ccccc67)c5c4c3)c3ccccc23)cc1. The molecule has 0 spiro atoms. The number of benzene rings is 12. The summed E-state index contributed by atoms with van der Waals surface area (Å²) in [6.45, 7) is 0. The van der Waals surface area contributed by atoms with E-state index < -0.39 is 0 Å². The van der Waals surface area contributed by atoms with Gasteiger partial charge in [-0.2, -0.15) is 0 Å². The molecule has 0 bridgehead atoms. The summed E-state index contributed by atoms with van der Waals surface area (Å²) in [5.41, 5.74) is 13.2. The Morgan fingerprint density at radius 1 is 0.219 bits per heavy atom. The first-order valence-corrected chi connectivity index (χ1v) is 22.0. The van der Waals surface area contributed by atoms with Crippen molar-refractivity contribution in [3.05, 3.63) is 218 Å². The molecule has 0 N–H and O–H groups in total. The lowest BCUT2D eigenvalue weighted by atomic mass is 9.84. The molecule has 0 aliphatic rings. The topological polar surface area (TPSA) is 26.3 Å². The molecule has 0 amide bonds. The lowest BCUT2D eigenvalue weighted by Gasteiger charge is -2.18. The van der Waals surface area contributed by atoms with Gasteiger partial charge >= 0.3 is 0 Å². The molecule has 0 aliphatic carbocycles. The first-order valence-electron chi connectivity index (χ1n) is 22.0. The minimum atomic E-state index is 0.874. The zero-order chi connectivity index (χ0) is 41.9. The quantitative estimate of drug-likeness (QED) is 0.166. The van der Waals surface area contributed by atoms with Crippen LogP contribution in [0.3, 0.4) is 0 Å². The van der Waals surface area contributed by atoms with E-state index in [0.717, 1.165) is 60.6 Å². The van der Waals surface area contributed by atoms with E-state index >= 15 is 0 Å². The molecule has 14 rings (SSSR count). The van der Waals surface area contributed by atoms with Crippen LogP contribution in [-0.4, -0.2) is 0 Å². The third-order valence-electron chi connectivity index (χ3n) is 13.6. The monoisotopic (exact) mass is 812 g/mol. The number of hydrogen-bond acceptors (Lipinski definition) is 2. The molecule has 2 aromatic heterocycles. The van der Waals surface area contributed by atoms with Crippen LogP contribution >= 0.6 is 0 Å². The Labute approximate surface area is 367 Å². The number of furan rings is 2. The molecule has 2 heterocycles. The lowest BCUT2D eigenvalue weighted by Crippen LogP contribution is -1.91. The van der Waals surface area contributed by atoms with E-state index in [2.05, 4.69) is 218 Å². The van der Waals surface area contributed by atoms with Crippen molar-refractivity contribution in [2.75, 3.05) is 0 Å². The molecule has 0 radical (unpaired) electrons. The predicted octanol–water partition coefficient (Wildman–Crippen LogP) is 17.9. The summed E-state index contributed by atoms with van der Waals surface area (Å²) in [6.07, 6.45) is 0. The van der Waals surface area contributed by atoms with Crippen molar-refractivity contribution in [1.29, 1.82) is 0 Å². The van der Waals surface area contributed by atoms with Crippen LogP contribution in [0, 0.1) is 0 Å². The van der Waals surface area contributed by atoms with Crippen molar-refractivity contribution < 1.29 is 8.83 Å². The first-order chi connectivity index (χ1) is 31.8. The smallest absolute Gasteiger partial charge is 0.136 e. The van der Waals surface area contributed by atoms with Crippen molar-refractivity contribution in [3.8, 4) is 44.5 Å². The molecule has 0 saturated carbocycles. The Kier molecular flexibility index (Phi) is 7.43. The highest BCUT2D eigenvalue weighted by Gasteiger charge is 2.23. The molecule has 0 fully saturated rings. The van der Waals surface area contributed by atoms with Gasteiger partial charge in [-0.15, -0.1) is 0 Å². The molecular weight excluding hydrogens is 777 g/mol. The minimum absolute atomic E-state index is 0.874. The van der Waals surface area contributed by atoms with E-state index in [0.29, 0.717) is 0 Å². The summed E-state index contributed by atoms with van der Waals surface area (Å²) in [6, 6.07) is 79.3. The van der Waals surface area contributed by atoms with Crippen molar-refractivity contribution >= 4 is 97.7 Å². The second-order valence-electron chi connectivity index (χ2n) is 17.0. The van der Waals surface area contributed by atoms with Gasteiger partial charge in [0.05, 0.1) is 0 Å². The van der Waals surface area contributed by atoms with Gasteiger partial charge in [0.25, 0.3) is 0 Å². The van der Waals surface area contributed by atoms with Crippen molar-refractivity contribution in [2.45, 2.75) is 0 Å². The second kappa shape index (κ2) is 13.5. The van der Waals surface area contributed by atoms with Crippen LogP contribution in [-0.2, 0) is 0 Å². The van der Waals surface area contributed by atoms with Gasteiger partial charge in [-0.05, 0) is 135 Å². The van der Waals surface area contributed by atoms with Gasteiger partial charge in [0.1, 0.15) is 22.3 Å². The van der Waals surface area contributed by atoms with Crippen LogP contribution in [0.5, 0.6) is 0 Å². The highest BCUT2D eigenvalue weighted by atomic mass is 16.3. The fourth-order valence-electron chi connectivity index (χ4n) is 11.0. The number of rotatable bonds is 4. The number of fused-ring (bicyclic) bond motifs is 12. The Bertz CT molecular complexity index is 4130. The highest BCUT2D eigenvalue weighted by molar-refractivity contribution is 6.28.